The van der Waals surface area contributed by atoms with Gasteiger partial charge in [-0.3, -0.25) is 0 Å². The monoisotopic (exact) mass is 284 g/mol. The first-order valence-electron chi connectivity index (χ1n) is 6.17. The van der Waals surface area contributed by atoms with E-state index in [1.54, 1.807) is 0 Å². The minimum atomic E-state index is -0.449. The zero-order chi connectivity index (χ0) is 14.2. The van der Waals surface area contributed by atoms with E-state index in [2.05, 4.69) is 9.88 Å². The fraction of sp³-hybridized carbons (Fsp3) is 0.462. The molecule has 0 aliphatic rings. The van der Waals surface area contributed by atoms with Crippen LogP contribution in [0.4, 0.5) is 10.3 Å². The summed E-state index contributed by atoms with van der Waals surface area (Å²) in [7, 11) is 4.03. The molecule has 4 nitrogen and oxygen atoms in total. The molecule has 19 heavy (non-hydrogen) atoms. The van der Waals surface area contributed by atoms with Gasteiger partial charge in [0.1, 0.15) is 5.82 Å². The maximum atomic E-state index is 13.6. The van der Waals surface area contributed by atoms with Crippen LogP contribution in [0.1, 0.15) is 19.4 Å². The van der Waals surface area contributed by atoms with Crippen molar-refractivity contribution in [2.24, 2.45) is 0 Å². The first-order chi connectivity index (χ1) is 8.90. The van der Waals surface area contributed by atoms with Crippen LogP contribution >= 0.6 is 11.6 Å². The van der Waals surface area contributed by atoms with Crippen LogP contribution in [0.3, 0.4) is 0 Å². The highest BCUT2D eigenvalue weighted by molar-refractivity contribution is 6.31. The molecule has 0 fully saturated rings. The van der Waals surface area contributed by atoms with E-state index in [0.29, 0.717) is 17.0 Å². The van der Waals surface area contributed by atoms with Crippen molar-refractivity contribution >= 4 is 28.6 Å². The predicted octanol–water partition coefficient (Wildman–Crippen LogP) is 2.92. The highest BCUT2D eigenvalue weighted by atomic mass is 35.5. The van der Waals surface area contributed by atoms with Crippen LogP contribution in [0.15, 0.2) is 12.1 Å². The molecule has 2 rings (SSSR count). The smallest absolute Gasteiger partial charge is 0.201 e. The van der Waals surface area contributed by atoms with Crippen molar-refractivity contribution in [2.75, 3.05) is 26.4 Å². The molecular weight excluding hydrogens is 267 g/mol. The van der Waals surface area contributed by atoms with Crippen molar-refractivity contribution in [1.29, 1.82) is 0 Å². The van der Waals surface area contributed by atoms with Gasteiger partial charge in [0, 0.05) is 12.1 Å². The number of imidazole rings is 1. The largest absolute Gasteiger partial charge is 0.369 e. The number of anilines is 1. The lowest BCUT2D eigenvalue weighted by Gasteiger charge is -2.18. The first-order valence-corrected chi connectivity index (χ1v) is 6.55. The molecular formula is C13H18ClFN4. The van der Waals surface area contributed by atoms with Gasteiger partial charge in [-0.25, -0.2) is 9.37 Å². The minimum absolute atomic E-state index is 0.0677. The van der Waals surface area contributed by atoms with Crippen molar-refractivity contribution in [3.05, 3.63) is 23.0 Å². The number of rotatable bonds is 4. The Labute approximate surface area is 117 Å². The molecule has 0 amide bonds. The Morgan fingerprint density at radius 1 is 1.47 bits per heavy atom. The van der Waals surface area contributed by atoms with Crippen molar-refractivity contribution in [2.45, 2.75) is 19.4 Å². The molecule has 0 aliphatic heterocycles. The summed E-state index contributed by atoms with van der Waals surface area (Å²) >= 11 is 5.76. The normalized spacial score (nSPS) is 13.4. The molecule has 1 heterocycles. The van der Waals surface area contributed by atoms with Gasteiger partial charge < -0.3 is 15.2 Å². The third-order valence-corrected chi connectivity index (χ3v) is 3.48. The molecule has 0 radical (unpaired) electrons. The summed E-state index contributed by atoms with van der Waals surface area (Å²) in [6.45, 7) is 2.98. The molecule has 1 unspecified atom stereocenters. The molecule has 0 saturated carbocycles. The van der Waals surface area contributed by atoms with E-state index in [0.717, 1.165) is 13.0 Å². The lowest BCUT2D eigenvalue weighted by molar-refractivity contribution is 0.362. The summed E-state index contributed by atoms with van der Waals surface area (Å²) in [6, 6.07) is 3.05. The SMILES string of the molecule is CC(CCN(C)C)n1c(N)nc2cc(Cl)c(F)cc21. The highest BCUT2D eigenvalue weighted by Crippen LogP contribution is 2.28. The summed E-state index contributed by atoms with van der Waals surface area (Å²) in [5, 5.41) is 0.0677. The van der Waals surface area contributed by atoms with Crippen molar-refractivity contribution < 1.29 is 4.39 Å². The topological polar surface area (TPSA) is 47.1 Å². The number of benzene rings is 1. The van der Waals surface area contributed by atoms with Crippen LogP contribution in [0.2, 0.25) is 5.02 Å². The van der Waals surface area contributed by atoms with E-state index in [-0.39, 0.29) is 11.1 Å². The second-order valence-corrected chi connectivity index (χ2v) is 5.44. The molecule has 1 atom stereocenters. The predicted molar refractivity (Wildman–Crippen MR) is 77.0 cm³/mol. The third kappa shape index (κ3) is 2.82. The fourth-order valence-electron chi connectivity index (χ4n) is 2.15. The molecule has 1 aromatic carbocycles. The Hall–Kier alpha value is -1.33. The average Bonchev–Trinajstić information content (AvgIpc) is 2.62. The molecule has 0 bridgehead atoms. The summed E-state index contributed by atoms with van der Waals surface area (Å²) in [4.78, 5) is 6.34. The van der Waals surface area contributed by atoms with Gasteiger partial charge in [-0.05, 0) is 40.1 Å². The van der Waals surface area contributed by atoms with Crippen molar-refractivity contribution in [3.8, 4) is 0 Å². The fourth-order valence-corrected chi connectivity index (χ4v) is 2.30. The summed E-state index contributed by atoms with van der Waals surface area (Å²) in [5.74, 6) is -0.0574. The van der Waals surface area contributed by atoms with Gasteiger partial charge in [0.15, 0.2) is 0 Å². The number of nitrogens with two attached hydrogens (primary N) is 1. The average molecular weight is 285 g/mol. The molecule has 1 aromatic heterocycles. The van der Waals surface area contributed by atoms with Gasteiger partial charge in [-0.1, -0.05) is 11.6 Å². The van der Waals surface area contributed by atoms with Gasteiger partial charge in [0.25, 0.3) is 0 Å². The number of nitrogens with zero attached hydrogens (tertiary/aromatic N) is 3. The maximum absolute atomic E-state index is 13.6. The van der Waals surface area contributed by atoms with Crippen molar-refractivity contribution in [3.63, 3.8) is 0 Å². The van der Waals surface area contributed by atoms with E-state index in [4.69, 9.17) is 17.3 Å². The van der Waals surface area contributed by atoms with E-state index in [9.17, 15) is 4.39 Å². The van der Waals surface area contributed by atoms with Crippen LogP contribution in [-0.2, 0) is 0 Å². The standard InChI is InChI=1S/C13H18ClFN4/c1-8(4-5-18(2)3)19-12-7-10(15)9(14)6-11(12)17-13(19)16/h6-8H,4-5H2,1-3H3,(H2,16,17). The first kappa shape index (κ1) is 14.1. The zero-order valence-electron chi connectivity index (χ0n) is 11.3. The van der Waals surface area contributed by atoms with E-state index in [1.165, 1.54) is 12.1 Å². The number of fused-ring (bicyclic) bond motifs is 1. The Bertz CT molecular complexity index is 594. The lowest BCUT2D eigenvalue weighted by Crippen LogP contribution is -2.18. The number of hydrogen-bond acceptors (Lipinski definition) is 3. The Balaban J connectivity index is 2.42. The van der Waals surface area contributed by atoms with Gasteiger partial charge in [0.2, 0.25) is 5.95 Å². The van der Waals surface area contributed by atoms with Crippen molar-refractivity contribution in [1.82, 2.24) is 14.5 Å². The Morgan fingerprint density at radius 3 is 2.79 bits per heavy atom. The second kappa shape index (κ2) is 5.35. The maximum Gasteiger partial charge on any atom is 0.201 e. The van der Waals surface area contributed by atoms with Crippen LogP contribution in [0, 0.1) is 5.82 Å². The number of halogens is 2. The van der Waals surface area contributed by atoms with Gasteiger partial charge in [0.05, 0.1) is 16.1 Å². The van der Waals surface area contributed by atoms with Crippen LogP contribution in [0.5, 0.6) is 0 Å². The zero-order valence-corrected chi connectivity index (χ0v) is 12.1. The van der Waals surface area contributed by atoms with Gasteiger partial charge >= 0.3 is 0 Å². The molecule has 0 aliphatic carbocycles. The summed E-state index contributed by atoms with van der Waals surface area (Å²) < 4.78 is 15.5. The molecule has 6 heteroatoms. The molecule has 2 N–H and O–H groups in total. The van der Waals surface area contributed by atoms with Crippen LogP contribution in [0.25, 0.3) is 11.0 Å². The molecule has 104 valence electrons. The lowest BCUT2D eigenvalue weighted by atomic mass is 10.2. The van der Waals surface area contributed by atoms with Crippen LogP contribution in [-0.4, -0.2) is 35.1 Å². The van der Waals surface area contributed by atoms with Gasteiger partial charge in [-0.2, -0.15) is 0 Å². The molecule has 2 aromatic rings. The molecule has 0 saturated heterocycles. The van der Waals surface area contributed by atoms with Crippen LogP contribution < -0.4 is 5.73 Å². The number of hydrogen-bond donors (Lipinski definition) is 1. The van der Waals surface area contributed by atoms with E-state index < -0.39 is 5.82 Å². The van der Waals surface area contributed by atoms with Gasteiger partial charge in [-0.15, -0.1) is 0 Å². The number of aromatic nitrogens is 2. The number of nitrogen functional groups attached to an aromatic ring is 1. The van der Waals surface area contributed by atoms with E-state index >= 15 is 0 Å². The highest BCUT2D eigenvalue weighted by Gasteiger charge is 2.16. The minimum Gasteiger partial charge on any atom is -0.369 e. The third-order valence-electron chi connectivity index (χ3n) is 3.19. The summed E-state index contributed by atoms with van der Waals surface area (Å²) in [5.41, 5.74) is 7.24. The summed E-state index contributed by atoms with van der Waals surface area (Å²) in [6.07, 6.45) is 0.910. The molecule has 0 spiro atoms. The quantitative estimate of drug-likeness (QED) is 0.939. The second-order valence-electron chi connectivity index (χ2n) is 5.04. The van der Waals surface area contributed by atoms with E-state index in [1.807, 2.05) is 25.6 Å². The Morgan fingerprint density at radius 2 is 2.16 bits per heavy atom. The Kier molecular flexibility index (Phi) is 3.96.